The Morgan fingerprint density at radius 1 is 0.821 bits per heavy atom. The lowest BCUT2D eigenvalue weighted by Crippen LogP contribution is -2.41. The molecule has 0 radical (unpaired) electrons. The fourth-order valence-electron chi connectivity index (χ4n) is 4.67. The number of rotatable bonds is 8. The average Bonchev–Trinajstić information content (AvgIpc) is 3.36. The Labute approximate surface area is 237 Å². The van der Waals surface area contributed by atoms with E-state index in [1.165, 1.54) is 5.56 Å². The van der Waals surface area contributed by atoms with E-state index >= 15 is 0 Å². The minimum Gasteiger partial charge on any atom is -0.456 e. The van der Waals surface area contributed by atoms with Crippen molar-refractivity contribution in [3.8, 4) is 22.6 Å². The first kappa shape index (κ1) is 26.6. The summed E-state index contributed by atoms with van der Waals surface area (Å²) in [6.07, 6.45) is 1.81. The number of halogens is 2. The summed E-state index contributed by atoms with van der Waals surface area (Å²) >= 11 is 12.9. The third-order valence-corrected chi connectivity index (χ3v) is 7.28. The molecule has 0 aliphatic heterocycles. The number of ether oxygens (including phenoxy) is 1. The zero-order valence-corrected chi connectivity index (χ0v) is 22.6. The number of carbonyl (C=O) groups is 2. The van der Waals surface area contributed by atoms with Gasteiger partial charge in [-0.05, 0) is 59.4 Å². The Morgan fingerprint density at radius 2 is 1.56 bits per heavy atom. The summed E-state index contributed by atoms with van der Waals surface area (Å²) in [7, 11) is 0. The lowest BCUT2D eigenvalue weighted by molar-refractivity contribution is 0.0953. The van der Waals surface area contributed by atoms with E-state index in [2.05, 4.69) is 22.0 Å². The monoisotopic (exact) mass is 559 g/mol. The molecule has 1 atom stereocenters. The first-order valence-electron chi connectivity index (χ1n) is 12.7. The number of hydrogen-bond acceptors (Lipinski definition) is 3. The van der Waals surface area contributed by atoms with Crippen LogP contribution in [-0.4, -0.2) is 25.0 Å². The average molecular weight is 560 g/mol. The molecule has 0 unspecified atom stereocenters. The van der Waals surface area contributed by atoms with Crippen molar-refractivity contribution in [1.82, 2.24) is 16.0 Å². The smallest absolute Gasteiger partial charge is 0.315 e. The summed E-state index contributed by atoms with van der Waals surface area (Å²) in [6, 6.07) is 28.6. The number of amides is 3. The van der Waals surface area contributed by atoms with Gasteiger partial charge in [0.1, 0.15) is 11.5 Å². The van der Waals surface area contributed by atoms with Crippen molar-refractivity contribution in [2.24, 2.45) is 0 Å². The van der Waals surface area contributed by atoms with E-state index in [0.29, 0.717) is 11.5 Å². The predicted molar refractivity (Wildman–Crippen MR) is 155 cm³/mol. The Hall–Kier alpha value is -4.00. The van der Waals surface area contributed by atoms with E-state index in [0.717, 1.165) is 29.5 Å². The van der Waals surface area contributed by atoms with Crippen LogP contribution >= 0.6 is 23.2 Å². The minimum atomic E-state index is -0.458. The van der Waals surface area contributed by atoms with Crippen molar-refractivity contribution in [3.05, 3.63) is 118 Å². The molecule has 0 saturated carbocycles. The van der Waals surface area contributed by atoms with Gasteiger partial charge >= 0.3 is 6.03 Å². The summed E-state index contributed by atoms with van der Waals surface area (Å²) in [6.45, 7) is 0.439. The van der Waals surface area contributed by atoms with E-state index < -0.39 is 5.91 Å². The molecule has 0 spiro atoms. The van der Waals surface area contributed by atoms with E-state index in [1.807, 2.05) is 72.8 Å². The molecule has 0 aromatic heterocycles. The number of nitrogens with one attached hydrogen (secondary N) is 3. The quantitative estimate of drug-likeness (QED) is 0.200. The third-order valence-electron chi connectivity index (χ3n) is 6.59. The molecule has 4 aromatic rings. The molecular formula is C31H27Cl2N3O3. The molecule has 3 N–H and O–H groups in total. The van der Waals surface area contributed by atoms with Gasteiger partial charge in [0.25, 0.3) is 5.91 Å². The van der Waals surface area contributed by atoms with Crippen molar-refractivity contribution in [2.75, 3.05) is 13.1 Å². The van der Waals surface area contributed by atoms with Crippen LogP contribution < -0.4 is 20.7 Å². The van der Waals surface area contributed by atoms with Crippen LogP contribution in [0.2, 0.25) is 10.0 Å². The van der Waals surface area contributed by atoms with Crippen molar-refractivity contribution < 1.29 is 14.3 Å². The molecule has 0 fully saturated rings. The standard InChI is InChI=1S/C31H27Cl2N3O3/c32-25-14-16-27(39-23-11-6-10-22(19-23)20-7-2-1-3-8-20)29(33)28(25)30(37)34-17-18-35-31(38)36-26-15-13-21-9-4-5-12-24(21)26/h1-12,14,16,19,26H,13,15,17-18H2,(H,34,37)(H2,35,36,38)/t26-/m1/s1. The van der Waals surface area contributed by atoms with E-state index in [1.54, 1.807) is 12.1 Å². The Balaban J connectivity index is 1.16. The Morgan fingerprint density at radius 3 is 2.41 bits per heavy atom. The van der Waals surface area contributed by atoms with Gasteiger partial charge in [0.05, 0.1) is 21.7 Å². The second kappa shape index (κ2) is 12.2. The molecule has 1 aliphatic rings. The molecule has 0 saturated heterocycles. The molecule has 4 aromatic carbocycles. The van der Waals surface area contributed by atoms with Crippen molar-refractivity contribution >= 4 is 35.1 Å². The van der Waals surface area contributed by atoms with Gasteiger partial charge < -0.3 is 20.7 Å². The number of aryl methyl sites for hydroxylation is 1. The molecule has 6 nitrogen and oxygen atoms in total. The van der Waals surface area contributed by atoms with E-state index in [4.69, 9.17) is 27.9 Å². The van der Waals surface area contributed by atoms with Crippen molar-refractivity contribution in [2.45, 2.75) is 18.9 Å². The highest BCUT2D eigenvalue weighted by Crippen LogP contribution is 2.37. The van der Waals surface area contributed by atoms with Gasteiger partial charge in [0.2, 0.25) is 0 Å². The SMILES string of the molecule is O=C(NCCNC(=O)c1c(Cl)ccc(Oc2cccc(-c3ccccc3)c2)c1Cl)N[C@@H]1CCc2ccccc21. The maximum Gasteiger partial charge on any atom is 0.315 e. The minimum absolute atomic E-state index is 0.00969. The van der Waals surface area contributed by atoms with Gasteiger partial charge in [-0.2, -0.15) is 0 Å². The van der Waals surface area contributed by atoms with Crippen LogP contribution in [0, 0.1) is 0 Å². The topological polar surface area (TPSA) is 79.5 Å². The number of urea groups is 1. The number of carbonyl (C=O) groups excluding carboxylic acids is 2. The Kier molecular flexibility index (Phi) is 8.35. The molecular weight excluding hydrogens is 533 g/mol. The maximum absolute atomic E-state index is 12.9. The van der Waals surface area contributed by atoms with Crippen LogP contribution in [0.25, 0.3) is 11.1 Å². The van der Waals surface area contributed by atoms with Crippen LogP contribution in [0.5, 0.6) is 11.5 Å². The highest BCUT2D eigenvalue weighted by atomic mass is 35.5. The van der Waals surface area contributed by atoms with Crippen LogP contribution in [0.3, 0.4) is 0 Å². The van der Waals surface area contributed by atoms with Gasteiger partial charge in [-0.3, -0.25) is 4.79 Å². The normalized spacial score (nSPS) is 13.8. The molecule has 5 rings (SSSR count). The lowest BCUT2D eigenvalue weighted by atomic mass is 10.1. The van der Waals surface area contributed by atoms with E-state index in [-0.39, 0.29) is 40.8 Å². The zero-order chi connectivity index (χ0) is 27.2. The second-order valence-corrected chi connectivity index (χ2v) is 9.96. The van der Waals surface area contributed by atoms with Gasteiger partial charge in [-0.1, -0.05) is 89.9 Å². The van der Waals surface area contributed by atoms with Crippen LogP contribution in [-0.2, 0) is 6.42 Å². The maximum atomic E-state index is 12.9. The largest absolute Gasteiger partial charge is 0.456 e. The highest BCUT2D eigenvalue weighted by Gasteiger charge is 2.23. The van der Waals surface area contributed by atoms with Crippen LogP contribution in [0.4, 0.5) is 4.79 Å². The zero-order valence-electron chi connectivity index (χ0n) is 21.0. The van der Waals surface area contributed by atoms with Crippen molar-refractivity contribution in [3.63, 3.8) is 0 Å². The van der Waals surface area contributed by atoms with Gasteiger partial charge in [-0.25, -0.2) is 4.79 Å². The van der Waals surface area contributed by atoms with Crippen LogP contribution in [0.1, 0.15) is 33.9 Å². The van der Waals surface area contributed by atoms with Crippen LogP contribution in [0.15, 0.2) is 91.0 Å². The van der Waals surface area contributed by atoms with Crippen molar-refractivity contribution in [1.29, 1.82) is 0 Å². The number of benzene rings is 4. The van der Waals surface area contributed by atoms with Gasteiger partial charge in [-0.15, -0.1) is 0 Å². The summed E-state index contributed by atoms with van der Waals surface area (Å²) in [5.74, 6) is 0.429. The second-order valence-electron chi connectivity index (χ2n) is 9.18. The molecule has 0 heterocycles. The third kappa shape index (κ3) is 6.36. The fraction of sp³-hybridized carbons (Fsp3) is 0.161. The Bertz CT molecular complexity index is 1490. The molecule has 8 heteroatoms. The molecule has 198 valence electrons. The summed E-state index contributed by atoms with van der Waals surface area (Å²) in [5, 5.41) is 8.85. The molecule has 3 amide bonds. The highest BCUT2D eigenvalue weighted by molar-refractivity contribution is 6.40. The molecule has 39 heavy (non-hydrogen) atoms. The summed E-state index contributed by atoms with van der Waals surface area (Å²) < 4.78 is 6.03. The molecule has 0 bridgehead atoms. The number of fused-ring (bicyclic) bond motifs is 1. The number of hydrogen-bond donors (Lipinski definition) is 3. The van der Waals surface area contributed by atoms with Gasteiger partial charge in [0, 0.05) is 13.1 Å². The fourth-order valence-corrected chi connectivity index (χ4v) is 5.25. The summed E-state index contributed by atoms with van der Waals surface area (Å²) in [4.78, 5) is 25.3. The lowest BCUT2D eigenvalue weighted by Gasteiger charge is -2.16. The first-order valence-corrected chi connectivity index (χ1v) is 13.5. The predicted octanol–water partition coefficient (Wildman–Crippen LogP) is 7.17. The first-order chi connectivity index (χ1) is 19.0. The van der Waals surface area contributed by atoms with Gasteiger partial charge in [0.15, 0.2) is 0 Å². The van der Waals surface area contributed by atoms with E-state index in [9.17, 15) is 9.59 Å². The summed E-state index contributed by atoms with van der Waals surface area (Å²) in [5.41, 5.74) is 4.57. The molecule has 1 aliphatic carbocycles.